The summed E-state index contributed by atoms with van der Waals surface area (Å²) >= 11 is 2.46. The van der Waals surface area contributed by atoms with E-state index in [1.807, 2.05) is 0 Å². The molecule has 0 radical (unpaired) electrons. The fourth-order valence-electron chi connectivity index (χ4n) is 0.375. The van der Waals surface area contributed by atoms with Crippen LogP contribution in [0.15, 0.2) is 0 Å². The van der Waals surface area contributed by atoms with E-state index >= 15 is 0 Å². The number of alkyl halides is 1. The summed E-state index contributed by atoms with van der Waals surface area (Å²) in [5, 5.41) is 3.40. The summed E-state index contributed by atoms with van der Waals surface area (Å²) in [5.74, 6) is 0. The first kappa shape index (κ1) is 9.12. The van der Waals surface area contributed by atoms with Crippen LogP contribution in [0.4, 0.5) is 0 Å². The van der Waals surface area contributed by atoms with E-state index in [0.717, 1.165) is 10.2 Å². The molecule has 0 amide bonds. The van der Waals surface area contributed by atoms with Gasteiger partial charge in [-0.05, 0) is 28.2 Å². The van der Waals surface area contributed by atoms with Crippen molar-refractivity contribution in [2.75, 3.05) is 13.2 Å². The van der Waals surface area contributed by atoms with Crippen LogP contribution in [0.25, 0.3) is 0 Å². The molecule has 1 N–H and O–H groups in total. The molecule has 0 aromatic rings. The van der Waals surface area contributed by atoms with Gasteiger partial charge in [0.05, 0.1) is 0 Å². The number of nitrogens with one attached hydrogen (secondary N) is 1. The standard InChI is InChI=1S/C5H13INP/c1-4-7-8(3)5(2)6/h5,7H,4H2,1-3H3/t5-,8?/m0/s1. The van der Waals surface area contributed by atoms with E-state index in [-0.39, 0.29) is 8.07 Å². The van der Waals surface area contributed by atoms with Gasteiger partial charge in [0, 0.05) is 3.67 Å². The molecule has 1 nitrogen and oxygen atoms in total. The number of hydrogen-bond donors (Lipinski definition) is 1. The molecule has 0 aliphatic rings. The molecule has 0 fully saturated rings. The van der Waals surface area contributed by atoms with Gasteiger partial charge in [-0.1, -0.05) is 29.5 Å². The fraction of sp³-hybridized carbons (Fsp3) is 1.00. The number of hydrogen-bond acceptors (Lipinski definition) is 1. The van der Waals surface area contributed by atoms with E-state index in [0.29, 0.717) is 0 Å². The SMILES string of the molecule is CCNP(C)[C@@H](C)I. The summed E-state index contributed by atoms with van der Waals surface area (Å²) in [5.41, 5.74) is 0. The average Bonchev–Trinajstić information content (AvgIpc) is 1.67. The van der Waals surface area contributed by atoms with E-state index in [4.69, 9.17) is 0 Å². The molecule has 0 aromatic heterocycles. The van der Waals surface area contributed by atoms with E-state index in [1.165, 1.54) is 0 Å². The van der Waals surface area contributed by atoms with Crippen LogP contribution in [-0.4, -0.2) is 16.9 Å². The van der Waals surface area contributed by atoms with Crippen molar-refractivity contribution < 1.29 is 0 Å². The highest BCUT2D eigenvalue weighted by Gasteiger charge is 2.03. The predicted octanol–water partition coefficient (Wildman–Crippen LogP) is 2.40. The van der Waals surface area contributed by atoms with E-state index in [9.17, 15) is 0 Å². The maximum atomic E-state index is 3.40. The van der Waals surface area contributed by atoms with E-state index in [1.54, 1.807) is 0 Å². The minimum absolute atomic E-state index is 0.0970. The topological polar surface area (TPSA) is 12.0 Å². The third kappa shape index (κ3) is 4.04. The molecule has 3 heteroatoms. The maximum Gasteiger partial charge on any atom is 0.0410 e. The summed E-state index contributed by atoms with van der Waals surface area (Å²) in [6.45, 7) is 7.78. The Morgan fingerprint density at radius 2 is 2.25 bits per heavy atom. The van der Waals surface area contributed by atoms with Gasteiger partial charge in [0.2, 0.25) is 0 Å². The van der Waals surface area contributed by atoms with Gasteiger partial charge in [-0.2, -0.15) is 0 Å². The Kier molecular flexibility index (Phi) is 5.64. The minimum Gasteiger partial charge on any atom is -0.295 e. The molecule has 1 unspecified atom stereocenters. The molecule has 0 spiro atoms. The Morgan fingerprint density at radius 3 is 2.38 bits per heavy atom. The zero-order valence-electron chi connectivity index (χ0n) is 5.61. The second-order valence-electron chi connectivity index (χ2n) is 1.70. The first-order valence-corrected chi connectivity index (χ1v) is 5.89. The zero-order valence-corrected chi connectivity index (χ0v) is 8.66. The van der Waals surface area contributed by atoms with Gasteiger partial charge >= 0.3 is 0 Å². The van der Waals surface area contributed by atoms with Crippen LogP contribution >= 0.6 is 30.7 Å². The van der Waals surface area contributed by atoms with Gasteiger partial charge < -0.3 is 0 Å². The van der Waals surface area contributed by atoms with Crippen molar-refractivity contribution in [3.05, 3.63) is 0 Å². The molecule has 2 atom stereocenters. The van der Waals surface area contributed by atoms with Crippen molar-refractivity contribution in [1.29, 1.82) is 0 Å². The van der Waals surface area contributed by atoms with Crippen molar-refractivity contribution in [2.24, 2.45) is 0 Å². The van der Waals surface area contributed by atoms with Crippen LogP contribution in [-0.2, 0) is 0 Å². The molecular formula is C5H13INP. The van der Waals surface area contributed by atoms with Crippen molar-refractivity contribution >= 4 is 30.7 Å². The van der Waals surface area contributed by atoms with Gasteiger partial charge in [-0.15, -0.1) is 0 Å². The highest BCUT2D eigenvalue weighted by molar-refractivity contribution is 14.1. The lowest BCUT2D eigenvalue weighted by atomic mass is 10.8. The molecule has 0 saturated carbocycles. The molecule has 0 saturated heterocycles. The van der Waals surface area contributed by atoms with Crippen LogP contribution in [0.1, 0.15) is 13.8 Å². The minimum atomic E-state index is 0.0970. The lowest BCUT2D eigenvalue weighted by Crippen LogP contribution is -2.08. The lowest BCUT2D eigenvalue weighted by Gasteiger charge is -2.14. The molecule has 0 heterocycles. The van der Waals surface area contributed by atoms with Crippen LogP contribution in [0.3, 0.4) is 0 Å². The largest absolute Gasteiger partial charge is 0.295 e. The Balaban J connectivity index is 3.17. The summed E-state index contributed by atoms with van der Waals surface area (Å²) in [7, 11) is 0.0970. The van der Waals surface area contributed by atoms with Gasteiger partial charge in [0.15, 0.2) is 0 Å². The van der Waals surface area contributed by atoms with E-state index < -0.39 is 0 Å². The Morgan fingerprint density at radius 1 is 1.75 bits per heavy atom. The van der Waals surface area contributed by atoms with E-state index in [2.05, 4.69) is 48.2 Å². The second-order valence-corrected chi connectivity index (χ2v) is 6.86. The lowest BCUT2D eigenvalue weighted by molar-refractivity contribution is 1.01. The van der Waals surface area contributed by atoms with Crippen LogP contribution < -0.4 is 5.09 Å². The Labute approximate surface area is 66.6 Å². The Hall–Kier alpha value is 1.12. The van der Waals surface area contributed by atoms with Crippen molar-refractivity contribution in [2.45, 2.75) is 17.5 Å². The quantitative estimate of drug-likeness (QED) is 0.457. The molecular weight excluding hydrogens is 232 g/mol. The molecule has 50 valence electrons. The first-order valence-electron chi connectivity index (χ1n) is 2.79. The summed E-state index contributed by atoms with van der Waals surface area (Å²) in [6, 6.07) is 0. The third-order valence-electron chi connectivity index (χ3n) is 0.941. The maximum absolute atomic E-state index is 3.40. The molecule has 0 rings (SSSR count). The molecule has 8 heavy (non-hydrogen) atoms. The van der Waals surface area contributed by atoms with Gasteiger partial charge in [-0.3, -0.25) is 5.09 Å². The third-order valence-corrected chi connectivity index (χ3v) is 5.33. The van der Waals surface area contributed by atoms with Crippen LogP contribution in [0, 0.1) is 0 Å². The summed E-state index contributed by atoms with van der Waals surface area (Å²) in [6.07, 6.45) is 0. The molecule has 0 aliphatic carbocycles. The smallest absolute Gasteiger partial charge is 0.0410 e. The normalized spacial score (nSPS) is 18.0. The van der Waals surface area contributed by atoms with Gasteiger partial charge in [-0.25, -0.2) is 0 Å². The monoisotopic (exact) mass is 245 g/mol. The van der Waals surface area contributed by atoms with Crippen molar-refractivity contribution in [1.82, 2.24) is 5.09 Å². The Bertz CT molecular complexity index is 58.4. The molecule has 0 aromatic carbocycles. The zero-order chi connectivity index (χ0) is 6.57. The number of rotatable bonds is 3. The average molecular weight is 245 g/mol. The predicted molar refractivity (Wildman–Crippen MR) is 50.0 cm³/mol. The fourth-order valence-corrected chi connectivity index (χ4v) is 1.72. The van der Waals surface area contributed by atoms with Crippen LogP contribution in [0.2, 0.25) is 0 Å². The van der Waals surface area contributed by atoms with Crippen molar-refractivity contribution in [3.8, 4) is 0 Å². The molecule has 0 aliphatic heterocycles. The first-order chi connectivity index (χ1) is 3.68. The van der Waals surface area contributed by atoms with Crippen LogP contribution in [0.5, 0.6) is 0 Å². The summed E-state index contributed by atoms with van der Waals surface area (Å²) in [4.78, 5) is 0. The number of halogens is 1. The summed E-state index contributed by atoms with van der Waals surface area (Å²) < 4.78 is 0.794. The highest BCUT2D eigenvalue weighted by Crippen LogP contribution is 2.35. The molecule has 0 bridgehead atoms. The van der Waals surface area contributed by atoms with Crippen molar-refractivity contribution in [3.63, 3.8) is 0 Å². The van der Waals surface area contributed by atoms with Gasteiger partial charge in [0.1, 0.15) is 0 Å². The highest BCUT2D eigenvalue weighted by atomic mass is 127. The second kappa shape index (κ2) is 4.95. The van der Waals surface area contributed by atoms with Gasteiger partial charge in [0.25, 0.3) is 0 Å².